The molecule has 0 aromatic heterocycles. The molecule has 3 atom stereocenters. The molecular formula is C18H28N2O. The molecule has 3 unspecified atom stereocenters. The second-order valence-corrected chi connectivity index (χ2v) is 6.62. The van der Waals surface area contributed by atoms with E-state index in [0.717, 1.165) is 19.7 Å². The van der Waals surface area contributed by atoms with Crippen LogP contribution in [0.15, 0.2) is 18.2 Å². The van der Waals surface area contributed by atoms with Crippen molar-refractivity contribution in [1.29, 1.82) is 0 Å². The standard InChI is InChI=1S/C18H28N2O/c1-4-19-18(15-9-13(2)8-14(3)10-15)17-11-20-7-5-6-16(20)12-21-17/h8-10,16-19H,4-7,11-12H2,1-3H3. The highest BCUT2D eigenvalue weighted by Crippen LogP contribution is 2.29. The molecule has 3 heteroatoms. The van der Waals surface area contributed by atoms with Gasteiger partial charge in [0.05, 0.1) is 18.8 Å². The van der Waals surface area contributed by atoms with Gasteiger partial charge < -0.3 is 10.1 Å². The highest BCUT2D eigenvalue weighted by molar-refractivity contribution is 5.31. The number of likely N-dealkylation sites (N-methyl/N-ethyl adjacent to an activating group) is 1. The van der Waals surface area contributed by atoms with Crippen LogP contribution in [0.25, 0.3) is 0 Å². The van der Waals surface area contributed by atoms with Gasteiger partial charge in [0.2, 0.25) is 0 Å². The van der Waals surface area contributed by atoms with Gasteiger partial charge in [-0.15, -0.1) is 0 Å². The van der Waals surface area contributed by atoms with Crippen LogP contribution < -0.4 is 5.32 Å². The summed E-state index contributed by atoms with van der Waals surface area (Å²) >= 11 is 0. The van der Waals surface area contributed by atoms with E-state index in [1.165, 1.54) is 36.1 Å². The molecular weight excluding hydrogens is 260 g/mol. The van der Waals surface area contributed by atoms with Crippen LogP contribution in [-0.4, -0.2) is 43.3 Å². The minimum atomic E-state index is 0.264. The normalized spacial score (nSPS) is 27.6. The first-order chi connectivity index (χ1) is 10.2. The van der Waals surface area contributed by atoms with Crippen molar-refractivity contribution in [2.45, 2.75) is 51.8 Å². The van der Waals surface area contributed by atoms with Gasteiger partial charge in [0, 0.05) is 12.6 Å². The Bertz CT molecular complexity index is 468. The third kappa shape index (κ3) is 3.31. The fraction of sp³-hybridized carbons (Fsp3) is 0.667. The van der Waals surface area contributed by atoms with Crippen molar-refractivity contribution in [2.75, 3.05) is 26.2 Å². The second kappa shape index (κ2) is 6.47. The number of nitrogens with zero attached hydrogens (tertiary/aromatic N) is 1. The van der Waals surface area contributed by atoms with Crippen LogP contribution >= 0.6 is 0 Å². The van der Waals surface area contributed by atoms with Gasteiger partial charge in [-0.2, -0.15) is 0 Å². The number of hydrogen-bond donors (Lipinski definition) is 1. The van der Waals surface area contributed by atoms with Gasteiger partial charge in [0.25, 0.3) is 0 Å². The number of aryl methyl sites for hydroxylation is 2. The first-order valence-corrected chi connectivity index (χ1v) is 8.34. The van der Waals surface area contributed by atoms with Crippen molar-refractivity contribution >= 4 is 0 Å². The molecule has 2 heterocycles. The average Bonchev–Trinajstić information content (AvgIpc) is 2.91. The number of benzene rings is 1. The van der Waals surface area contributed by atoms with Crippen LogP contribution in [0.5, 0.6) is 0 Å². The topological polar surface area (TPSA) is 24.5 Å². The first kappa shape index (κ1) is 15.0. The van der Waals surface area contributed by atoms with Crippen molar-refractivity contribution in [1.82, 2.24) is 10.2 Å². The van der Waals surface area contributed by atoms with E-state index >= 15 is 0 Å². The molecule has 2 aliphatic heterocycles. The summed E-state index contributed by atoms with van der Waals surface area (Å²) < 4.78 is 6.24. The molecule has 2 saturated heterocycles. The van der Waals surface area contributed by atoms with Gasteiger partial charge in [0.15, 0.2) is 0 Å². The Labute approximate surface area is 128 Å². The summed E-state index contributed by atoms with van der Waals surface area (Å²) in [4.78, 5) is 2.63. The van der Waals surface area contributed by atoms with Crippen LogP contribution in [0.3, 0.4) is 0 Å². The van der Waals surface area contributed by atoms with Crippen molar-refractivity contribution in [2.24, 2.45) is 0 Å². The van der Waals surface area contributed by atoms with Gasteiger partial charge in [-0.1, -0.05) is 36.2 Å². The molecule has 2 aliphatic rings. The molecule has 1 N–H and O–H groups in total. The summed E-state index contributed by atoms with van der Waals surface area (Å²) in [6.45, 7) is 10.7. The van der Waals surface area contributed by atoms with Crippen molar-refractivity contribution in [3.05, 3.63) is 34.9 Å². The number of nitrogens with one attached hydrogen (secondary N) is 1. The molecule has 0 bridgehead atoms. The number of rotatable bonds is 4. The van der Waals surface area contributed by atoms with E-state index in [0.29, 0.717) is 12.1 Å². The Kier molecular flexibility index (Phi) is 4.63. The predicted molar refractivity (Wildman–Crippen MR) is 86.7 cm³/mol. The largest absolute Gasteiger partial charge is 0.373 e. The van der Waals surface area contributed by atoms with Crippen LogP contribution in [0.4, 0.5) is 0 Å². The second-order valence-electron chi connectivity index (χ2n) is 6.62. The van der Waals surface area contributed by atoms with E-state index in [4.69, 9.17) is 4.74 Å². The quantitative estimate of drug-likeness (QED) is 0.922. The van der Waals surface area contributed by atoms with E-state index in [-0.39, 0.29) is 6.10 Å². The molecule has 3 nitrogen and oxygen atoms in total. The van der Waals surface area contributed by atoms with E-state index < -0.39 is 0 Å². The summed E-state index contributed by atoms with van der Waals surface area (Å²) in [5, 5.41) is 3.65. The van der Waals surface area contributed by atoms with Gasteiger partial charge in [0.1, 0.15) is 0 Å². The minimum Gasteiger partial charge on any atom is -0.373 e. The maximum atomic E-state index is 6.24. The summed E-state index contributed by atoms with van der Waals surface area (Å²) in [7, 11) is 0. The smallest absolute Gasteiger partial charge is 0.0897 e. The zero-order valence-electron chi connectivity index (χ0n) is 13.6. The zero-order chi connectivity index (χ0) is 14.8. The number of ether oxygens (including phenoxy) is 1. The third-order valence-corrected chi connectivity index (χ3v) is 4.82. The molecule has 0 aliphatic carbocycles. The Morgan fingerprint density at radius 1 is 1.29 bits per heavy atom. The number of hydrogen-bond acceptors (Lipinski definition) is 3. The van der Waals surface area contributed by atoms with E-state index in [1.807, 2.05) is 0 Å². The van der Waals surface area contributed by atoms with Crippen molar-refractivity contribution in [3.63, 3.8) is 0 Å². The lowest BCUT2D eigenvalue weighted by atomic mass is 9.96. The molecule has 0 radical (unpaired) electrons. The summed E-state index contributed by atoms with van der Waals surface area (Å²) in [6.07, 6.45) is 2.90. The lowest BCUT2D eigenvalue weighted by Crippen LogP contribution is -2.50. The Morgan fingerprint density at radius 3 is 2.76 bits per heavy atom. The fourth-order valence-electron chi connectivity index (χ4n) is 3.92. The first-order valence-electron chi connectivity index (χ1n) is 8.34. The number of fused-ring (bicyclic) bond motifs is 1. The highest BCUT2D eigenvalue weighted by Gasteiger charge is 2.36. The monoisotopic (exact) mass is 288 g/mol. The third-order valence-electron chi connectivity index (χ3n) is 4.82. The molecule has 0 saturated carbocycles. The fourth-order valence-corrected chi connectivity index (χ4v) is 3.92. The highest BCUT2D eigenvalue weighted by atomic mass is 16.5. The predicted octanol–water partition coefficient (Wildman–Crippen LogP) is 2.82. The lowest BCUT2D eigenvalue weighted by Gasteiger charge is -2.39. The SMILES string of the molecule is CCNC(c1cc(C)cc(C)c1)C1CN2CCCC2CO1. The molecule has 116 valence electrons. The molecule has 0 spiro atoms. The number of morpholine rings is 1. The molecule has 0 amide bonds. The van der Waals surface area contributed by atoms with Gasteiger partial charge >= 0.3 is 0 Å². The van der Waals surface area contributed by atoms with E-state index in [2.05, 4.69) is 49.2 Å². The van der Waals surface area contributed by atoms with Gasteiger partial charge in [-0.05, 0) is 45.3 Å². The molecule has 2 fully saturated rings. The molecule has 3 rings (SSSR count). The van der Waals surface area contributed by atoms with E-state index in [9.17, 15) is 0 Å². The summed E-state index contributed by atoms with van der Waals surface area (Å²) in [5.74, 6) is 0. The molecule has 1 aromatic rings. The van der Waals surface area contributed by atoms with Crippen LogP contribution in [0.2, 0.25) is 0 Å². The minimum absolute atomic E-state index is 0.264. The Hall–Kier alpha value is -0.900. The zero-order valence-corrected chi connectivity index (χ0v) is 13.6. The van der Waals surface area contributed by atoms with Gasteiger partial charge in [-0.25, -0.2) is 0 Å². The maximum absolute atomic E-state index is 6.24. The van der Waals surface area contributed by atoms with E-state index in [1.54, 1.807) is 0 Å². The Morgan fingerprint density at radius 2 is 2.05 bits per heavy atom. The molecule has 21 heavy (non-hydrogen) atoms. The lowest BCUT2D eigenvalue weighted by molar-refractivity contribution is -0.0650. The van der Waals surface area contributed by atoms with Crippen molar-refractivity contribution in [3.8, 4) is 0 Å². The summed E-state index contributed by atoms with van der Waals surface area (Å²) in [5.41, 5.74) is 4.04. The summed E-state index contributed by atoms with van der Waals surface area (Å²) in [6, 6.07) is 7.82. The van der Waals surface area contributed by atoms with Crippen molar-refractivity contribution < 1.29 is 4.74 Å². The molecule has 1 aromatic carbocycles. The van der Waals surface area contributed by atoms with Crippen LogP contribution in [0.1, 0.15) is 42.5 Å². The average molecular weight is 288 g/mol. The van der Waals surface area contributed by atoms with Gasteiger partial charge in [-0.3, -0.25) is 4.90 Å². The van der Waals surface area contributed by atoms with Crippen LogP contribution in [0, 0.1) is 13.8 Å². The maximum Gasteiger partial charge on any atom is 0.0897 e. The Balaban J connectivity index is 1.80. The van der Waals surface area contributed by atoms with Crippen LogP contribution in [-0.2, 0) is 4.74 Å².